The van der Waals surface area contributed by atoms with Crippen molar-refractivity contribution in [2.75, 3.05) is 6.61 Å². The Bertz CT molecular complexity index is 692. The Morgan fingerprint density at radius 1 is 1.05 bits per heavy atom. The molecule has 0 saturated carbocycles. The van der Waals surface area contributed by atoms with E-state index in [0.29, 0.717) is 5.75 Å². The number of ether oxygens (including phenoxy) is 2. The van der Waals surface area contributed by atoms with Gasteiger partial charge < -0.3 is 9.47 Å². The molecular weight excluding hydrogens is 276 g/mol. The number of esters is 1. The van der Waals surface area contributed by atoms with E-state index < -0.39 is 5.97 Å². The monoisotopic (exact) mass is 292 g/mol. The summed E-state index contributed by atoms with van der Waals surface area (Å²) >= 11 is 0. The van der Waals surface area contributed by atoms with Gasteiger partial charge in [0, 0.05) is 5.56 Å². The number of hydrogen-bond acceptors (Lipinski definition) is 3. The molecule has 0 aliphatic carbocycles. The molecule has 0 atom stereocenters. The number of rotatable bonds is 4. The van der Waals surface area contributed by atoms with Gasteiger partial charge in [0.05, 0.1) is 6.61 Å². The second-order valence-electron chi connectivity index (χ2n) is 4.30. The molecule has 0 aliphatic heterocycles. The molecule has 110 valence electrons. The Morgan fingerprint density at radius 2 is 1.68 bits per heavy atom. The number of carbonyl (C=O) groups is 1. The van der Waals surface area contributed by atoms with E-state index in [4.69, 9.17) is 9.47 Å². The van der Waals surface area contributed by atoms with Gasteiger partial charge >= 0.3 is 5.97 Å². The van der Waals surface area contributed by atoms with Crippen molar-refractivity contribution >= 4 is 5.97 Å². The maximum Gasteiger partial charge on any atom is 0.349 e. The lowest BCUT2D eigenvalue weighted by Gasteiger charge is -2.02. The van der Waals surface area contributed by atoms with Gasteiger partial charge in [-0.15, -0.1) is 0 Å². The molecule has 0 aliphatic rings. The molecule has 0 amide bonds. The molecule has 2 aromatic carbocycles. The van der Waals surface area contributed by atoms with E-state index in [1.807, 2.05) is 48.5 Å². The second-order valence-corrected chi connectivity index (χ2v) is 4.30. The average Bonchev–Trinajstić information content (AvgIpc) is 2.57. The first kappa shape index (κ1) is 15.4. The van der Waals surface area contributed by atoms with Gasteiger partial charge in [0.2, 0.25) is 0 Å². The van der Waals surface area contributed by atoms with Crippen LogP contribution in [0.1, 0.15) is 12.5 Å². The molecule has 0 bridgehead atoms. The lowest BCUT2D eigenvalue weighted by molar-refractivity contribution is -0.138. The van der Waals surface area contributed by atoms with Crippen LogP contribution in [0.2, 0.25) is 0 Å². The summed E-state index contributed by atoms with van der Waals surface area (Å²) in [4.78, 5) is 11.9. The lowest BCUT2D eigenvalue weighted by atomic mass is 10.2. The highest BCUT2D eigenvalue weighted by Gasteiger charge is 2.08. The van der Waals surface area contributed by atoms with Gasteiger partial charge in [0.1, 0.15) is 17.6 Å². The fraction of sp³-hybridized carbons (Fsp3) is 0.105. The van der Waals surface area contributed by atoms with Gasteiger partial charge in [-0.1, -0.05) is 48.2 Å². The summed E-state index contributed by atoms with van der Waals surface area (Å²) < 4.78 is 10.4. The molecule has 0 saturated heterocycles. The molecular formula is C19H16O3. The minimum Gasteiger partial charge on any atom is -0.463 e. The summed E-state index contributed by atoms with van der Waals surface area (Å²) in [6.45, 7) is 2.03. The Labute approximate surface area is 130 Å². The van der Waals surface area contributed by atoms with Crippen LogP contribution in [0, 0.1) is 11.8 Å². The van der Waals surface area contributed by atoms with Crippen LogP contribution >= 0.6 is 0 Å². The average molecular weight is 292 g/mol. The summed E-state index contributed by atoms with van der Waals surface area (Å²) in [5, 5.41) is 0. The van der Waals surface area contributed by atoms with Crippen molar-refractivity contribution in [3.8, 4) is 17.6 Å². The fourth-order valence-electron chi connectivity index (χ4n) is 1.62. The summed E-state index contributed by atoms with van der Waals surface area (Å²) in [5.74, 6) is 5.86. The molecule has 0 spiro atoms. The minimum absolute atomic E-state index is 0.176. The van der Waals surface area contributed by atoms with Crippen LogP contribution in [0.25, 0.3) is 0 Å². The molecule has 22 heavy (non-hydrogen) atoms. The maximum atomic E-state index is 11.9. The van der Waals surface area contributed by atoms with E-state index in [1.165, 1.54) is 6.26 Å². The van der Waals surface area contributed by atoms with Crippen LogP contribution in [0.15, 0.2) is 72.5 Å². The van der Waals surface area contributed by atoms with E-state index in [-0.39, 0.29) is 12.2 Å². The maximum absolute atomic E-state index is 11.9. The van der Waals surface area contributed by atoms with Crippen LogP contribution in [0.5, 0.6) is 5.75 Å². The summed E-state index contributed by atoms with van der Waals surface area (Å²) in [6.07, 6.45) is 1.32. The molecule has 0 fully saturated rings. The number of carbonyl (C=O) groups excluding carboxylic acids is 1. The van der Waals surface area contributed by atoms with Gasteiger partial charge in [0.25, 0.3) is 0 Å². The Hall–Kier alpha value is -2.99. The van der Waals surface area contributed by atoms with Crippen molar-refractivity contribution in [2.45, 2.75) is 6.92 Å². The Kier molecular flexibility index (Phi) is 5.83. The Morgan fingerprint density at radius 3 is 2.32 bits per heavy atom. The summed E-state index contributed by atoms with van der Waals surface area (Å²) in [5.41, 5.74) is 0.993. The van der Waals surface area contributed by atoms with Crippen LogP contribution in [-0.2, 0) is 9.53 Å². The standard InChI is InChI=1S/C19H16O3/c1-2-21-19(20)17(14-13-16-9-5-3-6-10-16)15-22-18-11-7-4-8-12-18/h3-12,15H,2H2,1H3/b17-15+. The molecule has 0 heterocycles. The largest absolute Gasteiger partial charge is 0.463 e. The number of hydrogen-bond donors (Lipinski definition) is 0. The minimum atomic E-state index is -0.498. The van der Waals surface area contributed by atoms with Gasteiger partial charge in [-0.2, -0.15) is 0 Å². The van der Waals surface area contributed by atoms with Crippen LogP contribution in [0.4, 0.5) is 0 Å². The molecule has 0 radical (unpaired) electrons. The van der Waals surface area contributed by atoms with Crippen molar-refractivity contribution in [1.82, 2.24) is 0 Å². The van der Waals surface area contributed by atoms with E-state index >= 15 is 0 Å². The molecule has 3 nitrogen and oxygen atoms in total. The summed E-state index contributed by atoms with van der Waals surface area (Å²) in [7, 11) is 0. The molecule has 0 unspecified atom stereocenters. The van der Waals surface area contributed by atoms with Gasteiger partial charge in [-0.25, -0.2) is 4.79 Å². The Balaban J connectivity index is 2.20. The second kappa shape index (κ2) is 8.33. The zero-order chi connectivity index (χ0) is 15.6. The van der Waals surface area contributed by atoms with E-state index in [2.05, 4.69) is 11.8 Å². The van der Waals surface area contributed by atoms with Crippen LogP contribution in [0.3, 0.4) is 0 Å². The molecule has 3 heteroatoms. The fourth-order valence-corrected chi connectivity index (χ4v) is 1.62. The third-order valence-corrected chi connectivity index (χ3v) is 2.67. The van der Waals surface area contributed by atoms with Crippen molar-refractivity contribution < 1.29 is 14.3 Å². The highest BCUT2D eigenvalue weighted by molar-refractivity contribution is 5.93. The van der Waals surface area contributed by atoms with E-state index in [0.717, 1.165) is 5.56 Å². The normalized spacial score (nSPS) is 10.3. The highest BCUT2D eigenvalue weighted by atomic mass is 16.5. The zero-order valence-electron chi connectivity index (χ0n) is 12.3. The molecule has 2 rings (SSSR count). The van der Waals surface area contributed by atoms with E-state index in [1.54, 1.807) is 19.1 Å². The SMILES string of the molecule is CCOC(=O)/C(C#Cc1ccccc1)=C/Oc1ccccc1. The van der Waals surface area contributed by atoms with Crippen molar-refractivity contribution in [3.63, 3.8) is 0 Å². The lowest BCUT2D eigenvalue weighted by Crippen LogP contribution is -2.07. The quantitative estimate of drug-likeness (QED) is 0.374. The van der Waals surface area contributed by atoms with Crippen molar-refractivity contribution in [1.29, 1.82) is 0 Å². The van der Waals surface area contributed by atoms with Gasteiger partial charge in [-0.05, 0) is 31.2 Å². The molecule has 0 aromatic heterocycles. The highest BCUT2D eigenvalue weighted by Crippen LogP contribution is 2.10. The smallest absolute Gasteiger partial charge is 0.349 e. The van der Waals surface area contributed by atoms with Crippen LogP contribution in [-0.4, -0.2) is 12.6 Å². The number of benzene rings is 2. The van der Waals surface area contributed by atoms with Crippen molar-refractivity contribution in [3.05, 3.63) is 78.1 Å². The first-order valence-corrected chi connectivity index (χ1v) is 6.95. The van der Waals surface area contributed by atoms with Gasteiger partial charge in [0.15, 0.2) is 0 Å². The third kappa shape index (κ3) is 4.84. The first-order valence-electron chi connectivity index (χ1n) is 6.95. The van der Waals surface area contributed by atoms with E-state index in [9.17, 15) is 4.79 Å². The molecule has 2 aromatic rings. The van der Waals surface area contributed by atoms with Crippen molar-refractivity contribution in [2.24, 2.45) is 0 Å². The van der Waals surface area contributed by atoms with Crippen LogP contribution < -0.4 is 4.74 Å². The summed E-state index contributed by atoms with van der Waals surface area (Å²) in [6, 6.07) is 18.6. The topological polar surface area (TPSA) is 35.5 Å². The third-order valence-electron chi connectivity index (χ3n) is 2.67. The predicted molar refractivity (Wildman–Crippen MR) is 85.1 cm³/mol. The number of para-hydroxylation sites is 1. The predicted octanol–water partition coefficient (Wildman–Crippen LogP) is 3.56. The zero-order valence-corrected chi connectivity index (χ0v) is 12.3. The van der Waals surface area contributed by atoms with Gasteiger partial charge in [-0.3, -0.25) is 0 Å². The first-order chi connectivity index (χ1) is 10.8. The molecule has 0 N–H and O–H groups in total.